The minimum atomic E-state index is -5.28. The number of methoxy groups -OCH3 is 1. The zero-order chi connectivity index (χ0) is 23.8. The summed E-state index contributed by atoms with van der Waals surface area (Å²) in [7, 11) is 1.11. The van der Waals surface area contributed by atoms with Gasteiger partial charge in [-0.2, -0.15) is 28.2 Å². The van der Waals surface area contributed by atoms with Crippen LogP contribution in [0.3, 0.4) is 0 Å². The first-order valence-corrected chi connectivity index (χ1v) is 9.77. The van der Waals surface area contributed by atoms with Crippen molar-refractivity contribution in [1.29, 1.82) is 0 Å². The zero-order valence-corrected chi connectivity index (χ0v) is 17.5. The lowest BCUT2D eigenvalue weighted by atomic mass is 10.2. The maximum Gasteiger partial charge on any atom is 0.578 e. The number of nitrogens with zero attached hydrogens (tertiary/aromatic N) is 5. The van der Waals surface area contributed by atoms with Gasteiger partial charge in [-0.25, -0.2) is 4.68 Å². The van der Waals surface area contributed by atoms with Crippen LogP contribution >= 0.6 is 23.2 Å². The van der Waals surface area contributed by atoms with Crippen LogP contribution in [-0.4, -0.2) is 43.5 Å². The Labute approximate surface area is 187 Å². The molecule has 1 atom stereocenters. The van der Waals surface area contributed by atoms with Gasteiger partial charge < -0.3 is 13.8 Å². The Balaban J connectivity index is 2.38. The lowest BCUT2D eigenvalue weighted by Gasteiger charge is -2.14. The van der Waals surface area contributed by atoms with Crippen LogP contribution in [-0.2, 0) is 22.1 Å². The molecule has 0 fully saturated rings. The van der Waals surface area contributed by atoms with Gasteiger partial charge in [0.1, 0.15) is 16.9 Å². The third-order valence-corrected chi connectivity index (χ3v) is 5.37. The molecule has 0 amide bonds. The molecule has 2 aromatic heterocycles. The van der Waals surface area contributed by atoms with Gasteiger partial charge in [0.05, 0.1) is 22.7 Å². The number of aliphatic imine (C=N–C) groups is 1. The van der Waals surface area contributed by atoms with Crippen LogP contribution in [0, 0.1) is 0 Å². The quantitative estimate of drug-likeness (QED) is 0.198. The fourth-order valence-corrected chi connectivity index (χ4v) is 3.90. The van der Waals surface area contributed by atoms with E-state index in [4.69, 9.17) is 23.2 Å². The van der Waals surface area contributed by atoms with E-state index in [-0.39, 0.29) is 0 Å². The maximum atomic E-state index is 13.4. The summed E-state index contributed by atoms with van der Waals surface area (Å²) in [5.74, 6) is -1.27. The van der Waals surface area contributed by atoms with E-state index in [1.165, 1.54) is 0 Å². The Kier molecular flexibility index (Phi) is 6.65. The molecule has 0 aliphatic carbocycles. The smallest absolute Gasteiger partial charge is 0.578 e. The van der Waals surface area contributed by atoms with E-state index < -0.39 is 66.4 Å². The van der Waals surface area contributed by atoms with Crippen molar-refractivity contribution in [2.24, 2.45) is 4.99 Å². The Morgan fingerprint density at radius 2 is 1.81 bits per heavy atom. The molecule has 0 spiro atoms. The Morgan fingerprint density at radius 1 is 1.19 bits per heavy atom. The lowest BCUT2D eigenvalue weighted by Crippen LogP contribution is -2.23. The molecule has 8 nitrogen and oxygen atoms in total. The van der Waals surface area contributed by atoms with Crippen LogP contribution in [0.25, 0.3) is 17.2 Å². The third kappa shape index (κ3) is 4.65. The van der Waals surface area contributed by atoms with Crippen molar-refractivity contribution >= 4 is 46.6 Å². The second kappa shape index (κ2) is 8.80. The lowest BCUT2D eigenvalue weighted by molar-refractivity contribution is -0.137. The number of benzene rings is 1. The van der Waals surface area contributed by atoms with Gasteiger partial charge in [-0.05, 0) is 12.1 Å². The van der Waals surface area contributed by atoms with Crippen molar-refractivity contribution in [1.82, 2.24) is 19.9 Å². The first-order chi connectivity index (χ1) is 14.9. The largest absolute Gasteiger partial charge is 0.604 e. The first-order valence-electron chi connectivity index (χ1n) is 7.86. The molecule has 0 N–H and O–H groups in total. The van der Waals surface area contributed by atoms with E-state index in [2.05, 4.69) is 29.5 Å². The minimum absolute atomic E-state index is 0.472. The predicted octanol–water partition coefficient (Wildman–Crippen LogP) is 5.18. The van der Waals surface area contributed by atoms with Crippen LogP contribution in [0.5, 0.6) is 0 Å². The summed E-state index contributed by atoms with van der Waals surface area (Å²) >= 11 is 8.18. The highest BCUT2D eigenvalue weighted by atomic mass is 35.5. The molecule has 0 bridgehead atoms. The maximum absolute atomic E-state index is 13.4. The Hall–Kier alpha value is -2.49. The number of hydrogen-bond donors (Lipinski definition) is 0. The summed E-state index contributed by atoms with van der Waals surface area (Å²) in [5, 5.41) is 5.94. The van der Waals surface area contributed by atoms with Gasteiger partial charge in [0.2, 0.25) is 22.9 Å². The summed E-state index contributed by atoms with van der Waals surface area (Å²) in [6.45, 7) is 0. The molecule has 0 saturated carbocycles. The van der Waals surface area contributed by atoms with Crippen molar-refractivity contribution in [3.63, 3.8) is 0 Å². The third-order valence-electron chi connectivity index (χ3n) is 3.62. The summed E-state index contributed by atoms with van der Waals surface area (Å²) < 4.78 is 101. The van der Waals surface area contributed by atoms with Crippen LogP contribution in [0.2, 0.25) is 10.0 Å². The first kappa shape index (κ1) is 24.2. The summed E-state index contributed by atoms with van der Waals surface area (Å²) in [5.41, 5.74) is -7.66. The average molecular weight is 522 g/mol. The van der Waals surface area contributed by atoms with E-state index in [0.29, 0.717) is 23.2 Å². The number of ether oxygens (including phenoxy) is 1. The predicted molar refractivity (Wildman–Crippen MR) is 99.5 cm³/mol. The van der Waals surface area contributed by atoms with Crippen LogP contribution in [0.4, 0.5) is 32.2 Å². The molecule has 3 aromatic rings. The molecule has 0 aliphatic heterocycles. The second-order valence-corrected chi connectivity index (χ2v) is 7.86. The van der Waals surface area contributed by atoms with Gasteiger partial charge in [0.25, 0.3) is 0 Å². The van der Waals surface area contributed by atoms with Crippen LogP contribution < -0.4 is 0 Å². The van der Waals surface area contributed by atoms with Crippen LogP contribution in [0.15, 0.2) is 32.9 Å². The van der Waals surface area contributed by atoms with E-state index in [1.54, 1.807) is 0 Å². The highest BCUT2D eigenvalue weighted by Gasteiger charge is 2.51. The highest BCUT2D eigenvalue weighted by molar-refractivity contribution is 7.92. The Morgan fingerprint density at radius 3 is 2.28 bits per heavy atom. The molecule has 0 saturated heterocycles. The number of hydrogen-bond acceptors (Lipinski definition) is 7. The standard InChI is InChI=1S/C15H7Cl2F6N5O3S/c1-30-4-25-13-11(32(29)15(21,22)23)9(12-24-5-31-27-12)26-28(13)10-7(16)2-6(3-8(10)17)14(18,19)20/h2-5H,1H3/b25-4+. The molecule has 172 valence electrons. The second-order valence-electron chi connectivity index (χ2n) is 5.64. The van der Waals surface area contributed by atoms with Crippen LogP contribution in [0.1, 0.15) is 5.56 Å². The summed E-state index contributed by atoms with van der Waals surface area (Å²) in [6, 6.07) is 0.978. The van der Waals surface area contributed by atoms with Crippen molar-refractivity contribution in [2.45, 2.75) is 16.6 Å². The van der Waals surface area contributed by atoms with Gasteiger partial charge in [-0.1, -0.05) is 28.4 Å². The molecule has 3 rings (SSSR count). The Bertz CT molecular complexity index is 1130. The summed E-state index contributed by atoms with van der Waals surface area (Å²) in [4.78, 5) is 6.20. The fourth-order valence-electron chi connectivity index (χ4n) is 2.41. The summed E-state index contributed by atoms with van der Waals surface area (Å²) in [6.07, 6.45) is -3.37. The van der Waals surface area contributed by atoms with Crippen molar-refractivity contribution in [2.75, 3.05) is 7.11 Å². The molecule has 0 radical (unpaired) electrons. The number of alkyl halides is 6. The normalized spacial score (nSPS) is 13.7. The fraction of sp³-hybridized carbons (Fsp3) is 0.200. The van der Waals surface area contributed by atoms with Gasteiger partial charge >= 0.3 is 11.7 Å². The molecule has 17 heteroatoms. The van der Waals surface area contributed by atoms with E-state index in [9.17, 15) is 30.9 Å². The number of halogens is 8. The number of rotatable bonds is 5. The van der Waals surface area contributed by atoms with E-state index >= 15 is 0 Å². The SMILES string of the molecule is CO/C=N/c1c([S+]([O-])C(F)(F)F)c(-c2ncon2)nn1-c1c(Cl)cc(C(F)(F)F)cc1Cl. The van der Waals surface area contributed by atoms with Gasteiger partial charge in [-0.15, -0.1) is 13.2 Å². The molecule has 1 unspecified atom stereocenters. The zero-order valence-electron chi connectivity index (χ0n) is 15.2. The van der Waals surface area contributed by atoms with Gasteiger partial charge in [0, 0.05) is 0 Å². The highest BCUT2D eigenvalue weighted by Crippen LogP contribution is 2.44. The molecule has 32 heavy (non-hydrogen) atoms. The molecular weight excluding hydrogens is 515 g/mol. The topological polar surface area (TPSA) is 101 Å². The molecular formula is C15H7Cl2F6N5O3S. The van der Waals surface area contributed by atoms with Crippen molar-refractivity contribution in [3.8, 4) is 17.2 Å². The van der Waals surface area contributed by atoms with Crippen molar-refractivity contribution in [3.05, 3.63) is 34.1 Å². The molecule has 2 heterocycles. The van der Waals surface area contributed by atoms with Crippen molar-refractivity contribution < 1.29 is 40.2 Å². The monoisotopic (exact) mass is 521 g/mol. The van der Waals surface area contributed by atoms with Gasteiger partial charge in [0.15, 0.2) is 12.1 Å². The number of aromatic nitrogens is 4. The van der Waals surface area contributed by atoms with Gasteiger partial charge in [-0.3, -0.25) is 0 Å². The molecule has 0 aliphatic rings. The van der Waals surface area contributed by atoms with E-state index in [1.807, 2.05) is 0 Å². The minimum Gasteiger partial charge on any atom is -0.604 e. The average Bonchev–Trinajstić information content (AvgIpc) is 3.31. The van der Waals surface area contributed by atoms with E-state index in [0.717, 1.165) is 13.5 Å². The molecule has 1 aromatic carbocycles.